The molecule has 0 atom stereocenters. The molecule has 4 aromatic rings. The van der Waals surface area contributed by atoms with Crippen molar-refractivity contribution in [1.82, 2.24) is 15.0 Å². The zero-order chi connectivity index (χ0) is 26.6. The molecule has 0 aliphatic rings. The van der Waals surface area contributed by atoms with Gasteiger partial charge in [-0.05, 0) is 35.7 Å². The molecule has 0 aliphatic carbocycles. The van der Waals surface area contributed by atoms with Crippen molar-refractivity contribution in [3.63, 3.8) is 0 Å². The molecule has 2 aromatic carbocycles. The fourth-order valence-corrected chi connectivity index (χ4v) is 3.53. The molecule has 11 heteroatoms. The Hall–Kier alpha value is -4.41. The number of aromatic nitrogens is 3. The number of aryl methyl sites for hydroxylation is 1. The van der Waals surface area contributed by atoms with Gasteiger partial charge in [-0.25, -0.2) is 18.7 Å². The summed E-state index contributed by atoms with van der Waals surface area (Å²) in [6.45, 7) is 0.176. The summed E-state index contributed by atoms with van der Waals surface area (Å²) in [6.07, 6.45) is -1.28. The maximum atomic E-state index is 13.5. The summed E-state index contributed by atoms with van der Waals surface area (Å²) >= 11 is 0. The fourth-order valence-electron chi connectivity index (χ4n) is 3.53. The number of nitrogens with two attached hydrogens (primary N) is 1. The van der Waals surface area contributed by atoms with Crippen molar-refractivity contribution in [2.24, 2.45) is 0 Å². The molecule has 0 spiro atoms. The van der Waals surface area contributed by atoms with Gasteiger partial charge in [0, 0.05) is 24.7 Å². The predicted octanol–water partition coefficient (Wildman–Crippen LogP) is 5.85. The normalized spacial score (nSPS) is 11.4. The van der Waals surface area contributed by atoms with Crippen molar-refractivity contribution in [2.75, 3.05) is 11.1 Å². The first-order valence-corrected chi connectivity index (χ1v) is 11.1. The van der Waals surface area contributed by atoms with Gasteiger partial charge in [0.05, 0.1) is 29.2 Å². The van der Waals surface area contributed by atoms with E-state index in [-0.39, 0.29) is 30.8 Å². The average molecular weight is 513 g/mol. The lowest BCUT2D eigenvalue weighted by Gasteiger charge is -2.14. The summed E-state index contributed by atoms with van der Waals surface area (Å²) in [5.74, 6) is -2.44. The number of nitrogen functional groups attached to an aromatic ring is 1. The Bertz CT molecular complexity index is 1410. The van der Waals surface area contributed by atoms with Crippen molar-refractivity contribution >= 4 is 17.4 Å². The zero-order valence-corrected chi connectivity index (χ0v) is 19.2. The molecule has 0 bridgehead atoms. The summed E-state index contributed by atoms with van der Waals surface area (Å²) in [4.78, 5) is 24.9. The molecule has 190 valence electrons. The van der Waals surface area contributed by atoms with E-state index in [4.69, 9.17) is 5.73 Å². The highest BCUT2D eigenvalue weighted by Crippen LogP contribution is 2.31. The van der Waals surface area contributed by atoms with Crippen LogP contribution in [0.4, 0.5) is 33.6 Å². The SMILES string of the molecule is Nc1cnc(-c2ccc(CNc3ncc(C(F)(F)F)cc3C(=O)CCc3ccc(F)c(F)c3)cc2)cn1. The number of nitrogens with zero attached hydrogens (tertiary/aromatic N) is 3. The minimum absolute atomic E-state index is 0.0151. The number of ketones is 1. The van der Waals surface area contributed by atoms with E-state index in [1.807, 2.05) is 0 Å². The van der Waals surface area contributed by atoms with E-state index in [0.29, 0.717) is 23.3 Å². The Kier molecular flexibility index (Phi) is 7.42. The third kappa shape index (κ3) is 6.43. The molecule has 2 aromatic heterocycles. The third-order valence-electron chi connectivity index (χ3n) is 5.52. The van der Waals surface area contributed by atoms with Crippen LogP contribution in [0.1, 0.15) is 33.5 Å². The minimum atomic E-state index is -4.69. The van der Waals surface area contributed by atoms with Gasteiger partial charge in [-0.1, -0.05) is 30.3 Å². The molecule has 0 saturated carbocycles. The van der Waals surface area contributed by atoms with E-state index in [1.54, 1.807) is 24.3 Å². The molecule has 0 amide bonds. The maximum absolute atomic E-state index is 13.5. The number of nitrogens with one attached hydrogen (secondary N) is 1. The summed E-state index contributed by atoms with van der Waals surface area (Å²) < 4.78 is 66.4. The van der Waals surface area contributed by atoms with Crippen LogP contribution in [0.15, 0.2) is 67.1 Å². The second-order valence-corrected chi connectivity index (χ2v) is 8.17. The first-order chi connectivity index (χ1) is 17.6. The number of hydrogen-bond acceptors (Lipinski definition) is 6. The number of Topliss-reactive ketones (excluding diaryl/α,β-unsaturated/α-hetero) is 1. The third-order valence-corrected chi connectivity index (χ3v) is 5.52. The zero-order valence-electron chi connectivity index (χ0n) is 19.2. The van der Waals surface area contributed by atoms with Gasteiger partial charge < -0.3 is 11.1 Å². The van der Waals surface area contributed by atoms with Gasteiger partial charge in [-0.3, -0.25) is 9.78 Å². The molecule has 2 heterocycles. The van der Waals surface area contributed by atoms with Crippen LogP contribution in [0.2, 0.25) is 0 Å². The van der Waals surface area contributed by atoms with E-state index in [9.17, 15) is 26.7 Å². The van der Waals surface area contributed by atoms with Crippen molar-refractivity contribution in [3.05, 3.63) is 101 Å². The number of pyridine rings is 1. The van der Waals surface area contributed by atoms with E-state index in [0.717, 1.165) is 29.3 Å². The second-order valence-electron chi connectivity index (χ2n) is 8.17. The average Bonchev–Trinajstić information content (AvgIpc) is 2.88. The first kappa shape index (κ1) is 25.7. The van der Waals surface area contributed by atoms with Crippen molar-refractivity contribution in [3.8, 4) is 11.3 Å². The molecular weight excluding hydrogens is 493 g/mol. The van der Waals surface area contributed by atoms with Gasteiger partial charge in [-0.2, -0.15) is 13.2 Å². The Labute approximate surface area is 208 Å². The summed E-state index contributed by atoms with van der Waals surface area (Å²) in [5, 5.41) is 2.92. The largest absolute Gasteiger partial charge is 0.417 e. The molecule has 0 fully saturated rings. The lowest BCUT2D eigenvalue weighted by atomic mass is 10.0. The van der Waals surface area contributed by atoms with Crippen LogP contribution >= 0.6 is 0 Å². The van der Waals surface area contributed by atoms with Gasteiger partial charge in [0.15, 0.2) is 17.4 Å². The number of rotatable bonds is 8. The van der Waals surface area contributed by atoms with Crippen LogP contribution in [0.3, 0.4) is 0 Å². The second kappa shape index (κ2) is 10.7. The van der Waals surface area contributed by atoms with Gasteiger partial charge in [0.1, 0.15) is 11.6 Å². The summed E-state index contributed by atoms with van der Waals surface area (Å²) in [6, 6.07) is 11.1. The molecule has 37 heavy (non-hydrogen) atoms. The standard InChI is InChI=1S/C26H20F5N5O/c27-20-7-3-15(9-21(20)28)4-8-23(37)19-10-18(26(29,30)31)12-36-25(19)35-11-16-1-5-17(6-2-16)22-13-34-24(32)14-33-22/h1-3,5-7,9-10,12-14H,4,8,11H2,(H2,32,34)(H,35,36). The summed E-state index contributed by atoms with van der Waals surface area (Å²) in [5.41, 5.74) is 6.76. The Morgan fingerprint density at radius 1 is 0.865 bits per heavy atom. The van der Waals surface area contributed by atoms with Gasteiger partial charge in [-0.15, -0.1) is 0 Å². The molecule has 4 rings (SSSR count). The van der Waals surface area contributed by atoms with Crippen molar-refractivity contribution in [1.29, 1.82) is 0 Å². The van der Waals surface area contributed by atoms with E-state index < -0.39 is 29.2 Å². The van der Waals surface area contributed by atoms with Crippen molar-refractivity contribution < 1.29 is 26.7 Å². The maximum Gasteiger partial charge on any atom is 0.417 e. The van der Waals surface area contributed by atoms with Crippen molar-refractivity contribution in [2.45, 2.75) is 25.6 Å². The molecule has 0 aliphatic heterocycles. The Morgan fingerprint density at radius 3 is 2.24 bits per heavy atom. The molecular formula is C26H20F5N5O. The highest BCUT2D eigenvalue weighted by atomic mass is 19.4. The van der Waals surface area contributed by atoms with E-state index in [2.05, 4.69) is 20.3 Å². The number of hydrogen-bond donors (Lipinski definition) is 2. The van der Waals surface area contributed by atoms with Gasteiger partial charge in [0.25, 0.3) is 0 Å². The first-order valence-electron chi connectivity index (χ1n) is 11.1. The number of carbonyl (C=O) groups is 1. The monoisotopic (exact) mass is 513 g/mol. The molecule has 0 unspecified atom stereocenters. The quantitative estimate of drug-likeness (QED) is 0.227. The Balaban J connectivity index is 1.50. The lowest BCUT2D eigenvalue weighted by Crippen LogP contribution is -2.13. The smallest absolute Gasteiger partial charge is 0.382 e. The number of halogens is 5. The van der Waals surface area contributed by atoms with Gasteiger partial charge >= 0.3 is 6.18 Å². The Morgan fingerprint density at radius 2 is 1.59 bits per heavy atom. The number of alkyl halides is 3. The molecule has 0 radical (unpaired) electrons. The molecule has 0 saturated heterocycles. The van der Waals surface area contributed by atoms with Crippen LogP contribution in [0.25, 0.3) is 11.3 Å². The lowest BCUT2D eigenvalue weighted by molar-refractivity contribution is -0.137. The minimum Gasteiger partial charge on any atom is -0.382 e. The molecule has 6 nitrogen and oxygen atoms in total. The van der Waals surface area contributed by atoms with Crippen LogP contribution in [0, 0.1) is 11.6 Å². The van der Waals surface area contributed by atoms with E-state index in [1.165, 1.54) is 18.5 Å². The summed E-state index contributed by atoms with van der Waals surface area (Å²) in [7, 11) is 0. The van der Waals surface area contributed by atoms with Crippen LogP contribution in [-0.4, -0.2) is 20.7 Å². The number of carbonyl (C=O) groups excluding carboxylic acids is 1. The van der Waals surface area contributed by atoms with Gasteiger partial charge in [0.2, 0.25) is 0 Å². The van der Waals surface area contributed by atoms with Crippen LogP contribution in [-0.2, 0) is 19.1 Å². The fraction of sp³-hybridized carbons (Fsp3) is 0.154. The highest BCUT2D eigenvalue weighted by Gasteiger charge is 2.32. The topological polar surface area (TPSA) is 93.8 Å². The highest BCUT2D eigenvalue weighted by molar-refractivity contribution is 6.00. The molecule has 3 N–H and O–H groups in total. The van der Waals surface area contributed by atoms with E-state index >= 15 is 0 Å². The number of benzene rings is 2. The van der Waals surface area contributed by atoms with Crippen LogP contribution < -0.4 is 11.1 Å². The number of anilines is 2. The van der Waals surface area contributed by atoms with Crippen LogP contribution in [0.5, 0.6) is 0 Å². The predicted molar refractivity (Wildman–Crippen MR) is 127 cm³/mol.